The summed E-state index contributed by atoms with van der Waals surface area (Å²) in [5.74, 6) is 0. The Bertz CT molecular complexity index is 250. The highest BCUT2D eigenvalue weighted by molar-refractivity contribution is 6.00. The molecule has 0 unspecified atom stereocenters. The van der Waals surface area contributed by atoms with Crippen LogP contribution < -0.4 is 0 Å². The van der Waals surface area contributed by atoms with Crippen LogP contribution >= 0.6 is 0 Å². The zero-order valence-corrected chi connectivity index (χ0v) is 7.24. The summed E-state index contributed by atoms with van der Waals surface area (Å²) in [5.41, 5.74) is -3.13. The van der Waals surface area contributed by atoms with Crippen molar-refractivity contribution in [2.45, 2.75) is 19.3 Å². The summed E-state index contributed by atoms with van der Waals surface area (Å²) in [6.45, 7) is 0.847. The molecule has 1 amide bonds. The molecular formula is C6H5F6NO2. The molecule has 0 aliphatic rings. The molecule has 0 fully saturated rings. The van der Waals surface area contributed by atoms with E-state index in [0.29, 0.717) is 0 Å². The molecule has 3 nitrogen and oxygen atoms in total. The number of alkyl halides is 6. The number of hydrogen-bond donors (Lipinski definition) is 0. The highest BCUT2D eigenvalue weighted by atomic mass is 19.4. The second kappa shape index (κ2) is 4.49. The smallest absolute Gasteiger partial charge is 0.438 e. The van der Waals surface area contributed by atoms with Crippen LogP contribution in [0.5, 0.6) is 0 Å². The third kappa shape index (κ3) is 4.66. The van der Waals surface area contributed by atoms with E-state index in [-0.39, 0.29) is 6.61 Å². The quantitative estimate of drug-likeness (QED) is 0.519. The first-order valence-electron chi connectivity index (χ1n) is 3.49. The van der Waals surface area contributed by atoms with Gasteiger partial charge in [0.25, 0.3) is 0 Å². The van der Waals surface area contributed by atoms with Gasteiger partial charge in [-0.3, -0.25) is 0 Å². The Balaban J connectivity index is 5.05. The molecule has 0 N–H and O–H groups in total. The van der Waals surface area contributed by atoms with Crippen molar-refractivity contribution in [2.24, 2.45) is 4.99 Å². The van der Waals surface area contributed by atoms with Gasteiger partial charge in [-0.25, -0.2) is 4.79 Å². The van der Waals surface area contributed by atoms with Gasteiger partial charge in [-0.15, -0.1) is 0 Å². The molecule has 0 atom stereocenters. The van der Waals surface area contributed by atoms with Crippen LogP contribution in [0.4, 0.5) is 31.1 Å². The lowest BCUT2D eigenvalue weighted by atomic mass is 10.3. The molecule has 0 aliphatic heterocycles. The molecule has 0 saturated heterocycles. The van der Waals surface area contributed by atoms with E-state index in [1.54, 1.807) is 0 Å². The fourth-order valence-electron chi connectivity index (χ4n) is 0.535. The minimum Gasteiger partial charge on any atom is -0.448 e. The van der Waals surface area contributed by atoms with Crippen molar-refractivity contribution in [3.05, 3.63) is 0 Å². The van der Waals surface area contributed by atoms with E-state index in [9.17, 15) is 31.1 Å². The molecule has 0 aromatic heterocycles. The lowest BCUT2D eigenvalue weighted by molar-refractivity contribution is -0.118. The number of hydrogen-bond acceptors (Lipinski definition) is 2. The van der Waals surface area contributed by atoms with Crippen LogP contribution in [-0.4, -0.2) is 30.8 Å². The van der Waals surface area contributed by atoms with Crippen LogP contribution in [0.15, 0.2) is 4.99 Å². The Labute approximate surface area is 79.7 Å². The van der Waals surface area contributed by atoms with Gasteiger partial charge in [0.2, 0.25) is 5.71 Å². The van der Waals surface area contributed by atoms with Crippen LogP contribution in [0.25, 0.3) is 0 Å². The first-order valence-corrected chi connectivity index (χ1v) is 3.49. The fourth-order valence-corrected chi connectivity index (χ4v) is 0.535. The van der Waals surface area contributed by atoms with Crippen molar-refractivity contribution in [1.29, 1.82) is 0 Å². The van der Waals surface area contributed by atoms with Crippen LogP contribution in [-0.2, 0) is 4.74 Å². The van der Waals surface area contributed by atoms with E-state index in [0.717, 1.165) is 0 Å². The summed E-state index contributed by atoms with van der Waals surface area (Å²) in [4.78, 5) is 12.2. The number of rotatable bonds is 1. The minimum absolute atomic E-state index is 0.370. The fraction of sp³-hybridized carbons (Fsp3) is 0.667. The molecule has 9 heteroatoms. The maximum absolute atomic E-state index is 11.8. The van der Waals surface area contributed by atoms with Crippen molar-refractivity contribution in [3.8, 4) is 0 Å². The van der Waals surface area contributed by atoms with Crippen LogP contribution in [0.3, 0.4) is 0 Å². The monoisotopic (exact) mass is 237 g/mol. The maximum Gasteiger partial charge on any atom is 0.438 e. The van der Waals surface area contributed by atoms with Gasteiger partial charge in [0.05, 0.1) is 6.61 Å². The Morgan fingerprint density at radius 2 is 1.53 bits per heavy atom. The summed E-state index contributed by atoms with van der Waals surface area (Å²) >= 11 is 0. The molecule has 0 aromatic rings. The summed E-state index contributed by atoms with van der Waals surface area (Å²) in [6, 6.07) is 0. The predicted molar refractivity (Wildman–Crippen MR) is 36.6 cm³/mol. The zero-order valence-electron chi connectivity index (χ0n) is 7.24. The molecule has 0 rings (SSSR count). The number of amides is 1. The van der Waals surface area contributed by atoms with Gasteiger partial charge in [-0.1, -0.05) is 0 Å². The van der Waals surface area contributed by atoms with Gasteiger partial charge < -0.3 is 4.74 Å². The van der Waals surface area contributed by atoms with Gasteiger partial charge in [0.1, 0.15) is 0 Å². The van der Waals surface area contributed by atoms with Crippen molar-refractivity contribution >= 4 is 11.8 Å². The second-order valence-electron chi connectivity index (χ2n) is 2.15. The number of ether oxygens (including phenoxy) is 1. The van der Waals surface area contributed by atoms with E-state index in [2.05, 4.69) is 4.74 Å². The third-order valence-electron chi connectivity index (χ3n) is 1.01. The molecule has 0 radical (unpaired) electrons. The number of nitrogens with zero attached hydrogens (tertiary/aromatic N) is 1. The molecule has 0 spiro atoms. The van der Waals surface area contributed by atoms with Gasteiger partial charge in [-0.2, -0.15) is 31.3 Å². The normalized spacial score (nSPS) is 12.2. The highest BCUT2D eigenvalue weighted by Crippen LogP contribution is 2.30. The summed E-state index contributed by atoms with van der Waals surface area (Å²) in [7, 11) is 0. The SMILES string of the molecule is CCOC(=O)N=C(C(F)(F)F)C(F)(F)F. The van der Waals surface area contributed by atoms with Crippen molar-refractivity contribution in [1.82, 2.24) is 0 Å². The van der Waals surface area contributed by atoms with E-state index in [4.69, 9.17) is 0 Å². The Kier molecular flexibility index (Phi) is 4.11. The average molecular weight is 237 g/mol. The number of carbonyl (C=O) groups is 1. The molecule has 0 bridgehead atoms. The van der Waals surface area contributed by atoms with Gasteiger partial charge >= 0.3 is 18.4 Å². The van der Waals surface area contributed by atoms with Crippen LogP contribution in [0, 0.1) is 0 Å². The average Bonchev–Trinajstić information content (AvgIpc) is 1.96. The lowest BCUT2D eigenvalue weighted by Gasteiger charge is -2.12. The summed E-state index contributed by atoms with van der Waals surface area (Å²) < 4.78 is 74.4. The topological polar surface area (TPSA) is 38.7 Å². The van der Waals surface area contributed by atoms with Crippen LogP contribution in [0.1, 0.15) is 6.92 Å². The zero-order chi connectivity index (χ0) is 12.3. The van der Waals surface area contributed by atoms with Crippen LogP contribution in [0.2, 0.25) is 0 Å². The van der Waals surface area contributed by atoms with Crippen molar-refractivity contribution in [3.63, 3.8) is 0 Å². The van der Waals surface area contributed by atoms with Gasteiger partial charge in [-0.05, 0) is 6.92 Å². The summed E-state index contributed by atoms with van der Waals surface area (Å²) in [5, 5.41) is 0. The summed E-state index contributed by atoms with van der Waals surface area (Å²) in [6.07, 6.45) is -13.4. The molecule has 0 saturated carbocycles. The van der Waals surface area contributed by atoms with Crippen molar-refractivity contribution in [2.75, 3.05) is 6.61 Å². The molecular weight excluding hydrogens is 232 g/mol. The molecule has 0 aliphatic carbocycles. The number of halogens is 6. The maximum atomic E-state index is 11.8. The number of aliphatic imine (C=N–C) groups is 1. The van der Waals surface area contributed by atoms with Gasteiger partial charge in [0, 0.05) is 0 Å². The van der Waals surface area contributed by atoms with Crippen molar-refractivity contribution < 1.29 is 35.9 Å². The number of carbonyl (C=O) groups excluding carboxylic acids is 1. The second-order valence-corrected chi connectivity index (χ2v) is 2.15. The first kappa shape index (κ1) is 13.7. The Hall–Kier alpha value is -1.28. The largest absolute Gasteiger partial charge is 0.448 e. The van der Waals surface area contributed by atoms with Gasteiger partial charge in [0.15, 0.2) is 0 Å². The molecule has 15 heavy (non-hydrogen) atoms. The Morgan fingerprint density at radius 1 is 1.13 bits per heavy atom. The van der Waals surface area contributed by atoms with E-state index in [1.165, 1.54) is 6.92 Å². The third-order valence-corrected chi connectivity index (χ3v) is 1.01. The molecule has 0 heterocycles. The minimum atomic E-state index is -5.75. The highest BCUT2D eigenvalue weighted by Gasteiger charge is 2.53. The Morgan fingerprint density at radius 3 is 1.80 bits per heavy atom. The van der Waals surface area contributed by atoms with E-state index < -0.39 is 24.2 Å². The standard InChI is InChI=1S/C6H5F6NO2/c1-2-15-4(14)13-3(5(7,8)9)6(10,11)12/h2H2,1H3. The van der Waals surface area contributed by atoms with E-state index in [1.807, 2.05) is 4.99 Å². The lowest BCUT2D eigenvalue weighted by Crippen LogP contribution is -2.37. The molecule has 88 valence electrons. The predicted octanol–water partition coefficient (Wildman–Crippen LogP) is 2.71. The molecule has 0 aromatic carbocycles. The first-order chi connectivity index (χ1) is 6.59. The van der Waals surface area contributed by atoms with E-state index >= 15 is 0 Å².